The van der Waals surface area contributed by atoms with Crippen LogP contribution in [-0.2, 0) is 6.42 Å². The van der Waals surface area contributed by atoms with Crippen molar-refractivity contribution in [3.05, 3.63) is 48.7 Å². The summed E-state index contributed by atoms with van der Waals surface area (Å²) in [4.78, 5) is 22.6. The number of hydrogen-bond acceptors (Lipinski definition) is 4. The van der Waals surface area contributed by atoms with Gasteiger partial charge in [-0.05, 0) is 37.0 Å². The fraction of sp³-hybridized carbons (Fsp3) is 0.316. The van der Waals surface area contributed by atoms with Crippen molar-refractivity contribution in [2.45, 2.75) is 19.3 Å². The Balaban J connectivity index is 1.38. The monoisotopic (exact) mass is 332 g/mol. The van der Waals surface area contributed by atoms with Crippen LogP contribution in [0.15, 0.2) is 42.9 Å². The van der Waals surface area contributed by atoms with E-state index < -0.39 is 0 Å². The number of imidazole rings is 1. The summed E-state index contributed by atoms with van der Waals surface area (Å²) < 4.78 is 0. The fourth-order valence-electron chi connectivity index (χ4n) is 3.91. The number of nitrogens with zero attached hydrogens (tertiary/aromatic N) is 4. The number of H-pyrrole nitrogens is 2. The number of piperidine rings is 1. The molecule has 3 aromatic heterocycles. The summed E-state index contributed by atoms with van der Waals surface area (Å²) in [5.74, 6) is 2.71. The number of rotatable bonds is 3. The third-order valence-corrected chi connectivity index (χ3v) is 5.07. The molecule has 4 aromatic rings. The van der Waals surface area contributed by atoms with Gasteiger partial charge in [0, 0.05) is 25.7 Å². The van der Waals surface area contributed by atoms with Crippen LogP contribution in [0.3, 0.4) is 0 Å². The van der Waals surface area contributed by atoms with Gasteiger partial charge in [0.1, 0.15) is 23.6 Å². The Hall–Kier alpha value is -2.89. The lowest BCUT2D eigenvalue weighted by molar-refractivity contribution is 0.406. The molecule has 0 saturated carbocycles. The molecular formula is C19H20N6. The molecule has 1 atom stereocenters. The highest BCUT2D eigenvalue weighted by Gasteiger charge is 2.23. The molecule has 0 amide bonds. The highest BCUT2D eigenvalue weighted by molar-refractivity contribution is 5.87. The summed E-state index contributed by atoms with van der Waals surface area (Å²) in [5.41, 5.74) is 3.08. The molecule has 1 aliphatic heterocycles. The van der Waals surface area contributed by atoms with E-state index in [1.807, 2.05) is 18.3 Å². The van der Waals surface area contributed by atoms with Gasteiger partial charge in [0.05, 0.1) is 16.4 Å². The minimum Gasteiger partial charge on any atom is -0.356 e. The first kappa shape index (κ1) is 14.5. The number of aromatic amines is 2. The van der Waals surface area contributed by atoms with E-state index in [1.165, 1.54) is 12.8 Å². The Morgan fingerprint density at radius 2 is 2.12 bits per heavy atom. The second-order valence-corrected chi connectivity index (χ2v) is 6.80. The van der Waals surface area contributed by atoms with Gasteiger partial charge in [0.25, 0.3) is 0 Å². The lowest BCUT2D eigenvalue weighted by Gasteiger charge is -2.33. The molecule has 1 fully saturated rings. The van der Waals surface area contributed by atoms with E-state index in [0.717, 1.165) is 53.2 Å². The molecule has 1 aliphatic rings. The molecule has 1 saturated heterocycles. The maximum absolute atomic E-state index is 4.74. The van der Waals surface area contributed by atoms with Crippen LogP contribution in [0.1, 0.15) is 18.7 Å². The van der Waals surface area contributed by atoms with Crippen molar-refractivity contribution in [3.8, 4) is 0 Å². The molecule has 0 radical (unpaired) electrons. The third-order valence-electron chi connectivity index (χ3n) is 5.07. The van der Waals surface area contributed by atoms with E-state index >= 15 is 0 Å². The van der Waals surface area contributed by atoms with E-state index in [1.54, 1.807) is 6.33 Å². The highest BCUT2D eigenvalue weighted by Crippen LogP contribution is 2.28. The van der Waals surface area contributed by atoms with Crippen LogP contribution in [0.2, 0.25) is 0 Å². The van der Waals surface area contributed by atoms with Crippen molar-refractivity contribution < 1.29 is 0 Å². The summed E-state index contributed by atoms with van der Waals surface area (Å²) >= 11 is 0. The summed E-state index contributed by atoms with van der Waals surface area (Å²) in [6.07, 6.45) is 6.97. The zero-order chi connectivity index (χ0) is 16.6. The number of nitrogens with one attached hydrogen (secondary N) is 2. The molecule has 6 heteroatoms. The minimum atomic E-state index is 0.582. The first-order chi connectivity index (χ1) is 12.4. The smallest absolute Gasteiger partial charge is 0.142 e. The second kappa shape index (κ2) is 5.88. The van der Waals surface area contributed by atoms with Crippen LogP contribution in [0.25, 0.3) is 22.1 Å². The average Bonchev–Trinajstić information content (AvgIpc) is 3.27. The Bertz CT molecular complexity index is 984. The molecule has 6 nitrogen and oxygen atoms in total. The number of hydrogen-bond donors (Lipinski definition) is 2. The molecule has 2 N–H and O–H groups in total. The topological polar surface area (TPSA) is 73.5 Å². The summed E-state index contributed by atoms with van der Waals surface area (Å²) in [5, 5.41) is 1.10. The zero-order valence-electron chi connectivity index (χ0n) is 13.9. The average molecular weight is 332 g/mol. The van der Waals surface area contributed by atoms with Crippen LogP contribution in [0.4, 0.5) is 5.82 Å². The Morgan fingerprint density at radius 3 is 3.08 bits per heavy atom. The fourth-order valence-corrected chi connectivity index (χ4v) is 3.91. The van der Waals surface area contributed by atoms with Crippen LogP contribution in [0.5, 0.6) is 0 Å². The van der Waals surface area contributed by atoms with E-state index in [2.05, 4.69) is 43.0 Å². The number of para-hydroxylation sites is 2. The van der Waals surface area contributed by atoms with Gasteiger partial charge in [-0.25, -0.2) is 15.0 Å². The molecule has 0 aliphatic carbocycles. The molecule has 126 valence electrons. The van der Waals surface area contributed by atoms with E-state index in [0.29, 0.717) is 5.92 Å². The molecule has 1 aromatic carbocycles. The number of fused-ring (bicyclic) bond motifs is 2. The van der Waals surface area contributed by atoms with Gasteiger partial charge in [-0.1, -0.05) is 12.1 Å². The lowest BCUT2D eigenvalue weighted by atomic mass is 9.94. The van der Waals surface area contributed by atoms with E-state index in [-0.39, 0.29) is 0 Å². The molecule has 25 heavy (non-hydrogen) atoms. The van der Waals surface area contributed by atoms with Gasteiger partial charge in [-0.2, -0.15) is 0 Å². The van der Waals surface area contributed by atoms with Gasteiger partial charge in [0.15, 0.2) is 0 Å². The zero-order valence-corrected chi connectivity index (χ0v) is 13.9. The van der Waals surface area contributed by atoms with Gasteiger partial charge in [0.2, 0.25) is 0 Å². The largest absolute Gasteiger partial charge is 0.356 e. The molecular weight excluding hydrogens is 312 g/mol. The second-order valence-electron chi connectivity index (χ2n) is 6.80. The minimum absolute atomic E-state index is 0.582. The first-order valence-electron chi connectivity index (χ1n) is 8.83. The molecule has 5 rings (SSSR count). The maximum Gasteiger partial charge on any atom is 0.142 e. The van der Waals surface area contributed by atoms with Gasteiger partial charge < -0.3 is 14.9 Å². The normalized spacial score (nSPS) is 18.2. The molecule has 0 bridgehead atoms. The first-order valence-corrected chi connectivity index (χ1v) is 8.83. The van der Waals surface area contributed by atoms with Gasteiger partial charge in [-0.15, -0.1) is 0 Å². The number of benzene rings is 1. The Morgan fingerprint density at radius 1 is 1.16 bits per heavy atom. The molecule has 0 spiro atoms. The molecule has 4 heterocycles. The van der Waals surface area contributed by atoms with Crippen LogP contribution in [0, 0.1) is 5.92 Å². The predicted molar refractivity (Wildman–Crippen MR) is 98.6 cm³/mol. The summed E-state index contributed by atoms with van der Waals surface area (Å²) in [6.45, 7) is 2.06. The van der Waals surface area contributed by atoms with Crippen LogP contribution < -0.4 is 4.90 Å². The number of aromatic nitrogens is 5. The lowest BCUT2D eigenvalue weighted by Crippen LogP contribution is -2.37. The molecule has 0 unspecified atom stereocenters. The van der Waals surface area contributed by atoms with Crippen LogP contribution in [-0.4, -0.2) is 38.0 Å². The van der Waals surface area contributed by atoms with Crippen molar-refractivity contribution >= 4 is 27.9 Å². The van der Waals surface area contributed by atoms with Crippen molar-refractivity contribution in [3.63, 3.8) is 0 Å². The van der Waals surface area contributed by atoms with Crippen molar-refractivity contribution in [2.75, 3.05) is 18.0 Å². The maximum atomic E-state index is 4.74. The Labute approximate surface area is 145 Å². The Kier molecular flexibility index (Phi) is 3.40. The van der Waals surface area contributed by atoms with E-state index in [4.69, 9.17) is 4.98 Å². The quantitative estimate of drug-likeness (QED) is 0.604. The SMILES string of the molecule is c1ccc2[nH]c(C[C@@H]3CCCN(c4ncnc5[nH]ccc45)C3)nc2c1. The van der Waals surface area contributed by atoms with Crippen molar-refractivity contribution in [2.24, 2.45) is 5.92 Å². The van der Waals surface area contributed by atoms with Crippen LogP contribution >= 0.6 is 0 Å². The summed E-state index contributed by atoms with van der Waals surface area (Å²) in [6, 6.07) is 10.3. The number of anilines is 1. The third kappa shape index (κ3) is 2.63. The van der Waals surface area contributed by atoms with Gasteiger partial charge in [-0.3, -0.25) is 0 Å². The van der Waals surface area contributed by atoms with Crippen molar-refractivity contribution in [1.29, 1.82) is 0 Å². The summed E-state index contributed by atoms with van der Waals surface area (Å²) in [7, 11) is 0. The predicted octanol–water partition coefficient (Wildman–Crippen LogP) is 3.29. The van der Waals surface area contributed by atoms with E-state index in [9.17, 15) is 0 Å². The van der Waals surface area contributed by atoms with Crippen molar-refractivity contribution in [1.82, 2.24) is 24.9 Å². The highest BCUT2D eigenvalue weighted by atomic mass is 15.2. The standard InChI is InChI=1S/C19H20N6/c1-2-6-16-15(5-1)23-17(24-16)10-13-4-3-9-25(11-13)19-14-7-8-20-18(14)21-12-22-19/h1-2,5-8,12-13H,3-4,9-11H2,(H,23,24)(H,20,21,22)/t13-/m0/s1. The van der Waals surface area contributed by atoms with Gasteiger partial charge >= 0.3 is 0 Å².